The Hall–Kier alpha value is -1.92. The summed E-state index contributed by atoms with van der Waals surface area (Å²) in [6.45, 7) is 18.1. The lowest BCUT2D eigenvalue weighted by atomic mass is 9.47. The first kappa shape index (κ1) is 52.5. The predicted octanol–water partition coefficient (Wildman–Crippen LogP) is 0.384. The average Bonchev–Trinajstić information content (AvgIpc) is 3.76. The van der Waals surface area contributed by atoms with Gasteiger partial charge in [0.15, 0.2) is 0 Å². The lowest BCUT2D eigenvalue weighted by Gasteiger charge is -2.74. The topological polar surface area (TPSA) is 284 Å². The van der Waals surface area contributed by atoms with Gasteiger partial charge in [0, 0.05) is 42.6 Å². The Balaban J connectivity index is 1.14. The Labute approximate surface area is 386 Å². The molecule has 6 rings (SSSR count). The molecular formula is C45H77N3O16S. The highest BCUT2D eigenvalue weighted by atomic mass is 32.2. The first-order valence-electron chi connectivity index (χ1n) is 22.9. The molecule has 5 heterocycles. The molecule has 1 saturated carbocycles. The van der Waals surface area contributed by atoms with Crippen LogP contribution in [0.15, 0.2) is 0 Å². The first-order valence-corrected chi connectivity index (χ1v) is 23.9. The van der Waals surface area contributed by atoms with Gasteiger partial charge in [-0.3, -0.25) is 9.59 Å². The number of rotatable bonds is 16. The number of ether oxygens (including phenoxy) is 6. The van der Waals surface area contributed by atoms with E-state index in [2.05, 4.69) is 16.0 Å². The van der Waals surface area contributed by atoms with Crippen LogP contribution < -0.4 is 16.0 Å². The molecular weight excluding hydrogens is 871 g/mol. The smallest absolute Gasteiger partial charge is 0.315 e. The number of carbonyl (C=O) groups is 3. The van der Waals surface area contributed by atoms with E-state index in [-0.39, 0.29) is 43.0 Å². The van der Waals surface area contributed by atoms with E-state index in [1.165, 1.54) is 34.6 Å². The zero-order valence-corrected chi connectivity index (χ0v) is 41.2. The molecule has 5 saturated heterocycles. The van der Waals surface area contributed by atoms with E-state index in [1.807, 2.05) is 0 Å². The van der Waals surface area contributed by atoms with E-state index >= 15 is 0 Å². The summed E-state index contributed by atoms with van der Waals surface area (Å²) in [5.74, 6) is -2.91. The maximum absolute atomic E-state index is 13.2. The van der Waals surface area contributed by atoms with Gasteiger partial charge in [-0.2, -0.15) is 11.8 Å². The molecule has 2 bridgehead atoms. The van der Waals surface area contributed by atoms with Crippen LogP contribution in [0.1, 0.15) is 116 Å². The zero-order valence-electron chi connectivity index (χ0n) is 40.4. The Bertz CT molecular complexity index is 1840. The van der Waals surface area contributed by atoms with Gasteiger partial charge in [-0.15, -0.1) is 0 Å². The van der Waals surface area contributed by atoms with Gasteiger partial charge in [0.1, 0.15) is 40.2 Å². The van der Waals surface area contributed by atoms with Crippen molar-refractivity contribution in [1.82, 2.24) is 16.0 Å². The first-order chi connectivity index (χ1) is 29.7. The number of unbranched alkanes of at least 4 members (excludes halogenated alkanes) is 1. The summed E-state index contributed by atoms with van der Waals surface area (Å²) in [6, 6.07) is -1.02. The highest BCUT2D eigenvalue weighted by molar-refractivity contribution is 8.00. The minimum absolute atomic E-state index is 0.0477. The maximum Gasteiger partial charge on any atom is 0.315 e. The monoisotopic (exact) mass is 948 g/mol. The van der Waals surface area contributed by atoms with Crippen molar-refractivity contribution in [3.05, 3.63) is 0 Å². The van der Waals surface area contributed by atoms with Gasteiger partial charge in [-0.25, -0.2) is 4.79 Å². The fourth-order valence-corrected chi connectivity index (χ4v) is 13.8. The molecule has 374 valence electrons. The van der Waals surface area contributed by atoms with E-state index in [1.54, 1.807) is 67.2 Å². The van der Waals surface area contributed by atoms with E-state index in [0.29, 0.717) is 12.8 Å². The second-order valence-electron chi connectivity index (χ2n) is 22.2. The number of hydrogen-bond donors (Lipinski definition) is 10. The van der Waals surface area contributed by atoms with E-state index in [9.17, 15) is 50.1 Å². The van der Waals surface area contributed by atoms with Crippen LogP contribution in [0.5, 0.6) is 0 Å². The Morgan fingerprint density at radius 2 is 1.48 bits per heavy atom. The van der Waals surface area contributed by atoms with Crippen molar-refractivity contribution < 1.29 is 78.6 Å². The fraction of sp³-hybridized carbons (Fsp3) is 0.933. The number of aliphatic hydroxyl groups is 7. The van der Waals surface area contributed by atoms with Crippen LogP contribution in [-0.2, 0) is 38.0 Å². The number of esters is 1. The van der Waals surface area contributed by atoms with Gasteiger partial charge >= 0.3 is 12.0 Å². The minimum Gasteiger partial charge on any atom is -0.430 e. The fourth-order valence-electron chi connectivity index (χ4n) is 12.3. The SMILES string of the molecule is CC(=O)NC1C2(C)C(OC[C@]3(C)OC(C)(CO)[C@@H](C)C(C)(O)C3(C)O)C(CO)(O[C@]1(C)COC[C@]1(C)C(C)(C)O[C@](C)(OC(=O)CCCCC3SC[C@@H]4NC(=O)N[C@H]34)C(O)C1(C)O)[C@H]2O. The maximum atomic E-state index is 13.2. The van der Waals surface area contributed by atoms with Gasteiger partial charge in [0.05, 0.1) is 79.5 Å². The molecule has 0 aromatic rings. The number of amides is 3. The molecule has 5 aliphatic heterocycles. The van der Waals surface area contributed by atoms with Crippen molar-refractivity contribution in [2.45, 2.75) is 208 Å². The Morgan fingerprint density at radius 3 is 2.08 bits per heavy atom. The van der Waals surface area contributed by atoms with Gasteiger partial charge in [0.25, 0.3) is 0 Å². The number of aliphatic hydroxyl groups excluding tert-OH is 4. The van der Waals surface area contributed by atoms with E-state index in [0.717, 1.165) is 12.2 Å². The lowest BCUT2D eigenvalue weighted by Crippen LogP contribution is -2.92. The van der Waals surface area contributed by atoms with Gasteiger partial charge in [-0.1, -0.05) is 27.2 Å². The van der Waals surface area contributed by atoms with Crippen LogP contribution in [0.2, 0.25) is 0 Å². The second kappa shape index (κ2) is 16.9. The molecule has 18 atom stereocenters. The average molecular weight is 948 g/mol. The molecule has 0 spiro atoms. The number of urea groups is 1. The summed E-state index contributed by atoms with van der Waals surface area (Å²) < 4.78 is 38.2. The van der Waals surface area contributed by atoms with E-state index < -0.39 is 123 Å². The second-order valence-corrected chi connectivity index (χ2v) is 23.5. The van der Waals surface area contributed by atoms with Crippen molar-refractivity contribution >= 4 is 29.7 Å². The normalized spacial score (nSPS) is 51.0. The quantitative estimate of drug-likeness (QED) is 0.0569. The highest BCUT2D eigenvalue weighted by Gasteiger charge is 2.81. The van der Waals surface area contributed by atoms with Crippen molar-refractivity contribution in [3.63, 3.8) is 0 Å². The Kier molecular flexibility index (Phi) is 13.6. The number of thioether (sulfide) groups is 1. The third-order valence-electron chi connectivity index (χ3n) is 17.5. The summed E-state index contributed by atoms with van der Waals surface area (Å²) in [6.07, 6.45) is -2.16. The van der Waals surface area contributed by atoms with Gasteiger partial charge in [-0.05, 0) is 68.2 Å². The molecule has 6 fully saturated rings. The van der Waals surface area contributed by atoms with Crippen LogP contribution in [-0.4, -0.2) is 185 Å². The third kappa shape index (κ3) is 7.84. The summed E-state index contributed by atoms with van der Waals surface area (Å²) in [7, 11) is 0. The molecule has 0 aromatic carbocycles. The summed E-state index contributed by atoms with van der Waals surface area (Å²) >= 11 is 1.79. The lowest BCUT2D eigenvalue weighted by molar-refractivity contribution is -0.439. The van der Waals surface area contributed by atoms with Crippen molar-refractivity contribution in [2.24, 2.45) is 16.7 Å². The van der Waals surface area contributed by atoms with Crippen LogP contribution in [0.4, 0.5) is 4.79 Å². The van der Waals surface area contributed by atoms with Gasteiger partial charge in [0.2, 0.25) is 11.7 Å². The number of hydrogen-bond acceptors (Lipinski definition) is 17. The van der Waals surface area contributed by atoms with Crippen LogP contribution in [0.3, 0.4) is 0 Å². The van der Waals surface area contributed by atoms with Crippen LogP contribution in [0, 0.1) is 16.7 Å². The van der Waals surface area contributed by atoms with Crippen LogP contribution >= 0.6 is 11.8 Å². The zero-order chi connectivity index (χ0) is 49.0. The largest absolute Gasteiger partial charge is 0.430 e. The van der Waals surface area contributed by atoms with Crippen molar-refractivity contribution in [1.29, 1.82) is 0 Å². The highest BCUT2D eigenvalue weighted by Crippen LogP contribution is 2.63. The molecule has 1 aliphatic carbocycles. The molecule has 19 nitrogen and oxygen atoms in total. The number of nitrogens with one attached hydrogen (secondary N) is 3. The summed E-state index contributed by atoms with van der Waals surface area (Å²) in [5.41, 5.74) is -15.9. The molecule has 0 radical (unpaired) electrons. The standard InChI is InChI=1S/C45H77N3O16S/c1-24-36(5,19-49)63-39(8,44(13,58)41(24,10)56)23-60-33-40(9)30(46-25(2)51)37(6,64-45(33,20-50)31(40)53)21-59-22-38(7)35(3,4)62-43(12,32(54)42(38,11)57)61-28(52)17-15-14-16-27-29-26(18-65-27)47-34(55)48-29/h24,26-27,29-33,49-50,53-54,56-58H,14-23H2,1-13H3,(H,46,51)(H2,47,48,55)/t24-,26+,27?,29+,30?,31+,32?,33?,36?,37-,38-,39+,40?,41?,42?,43+,44?,45?/m1/s1. The molecule has 6 aliphatic rings. The molecule has 10 N–H and O–H groups in total. The molecule has 20 heteroatoms. The summed E-state index contributed by atoms with van der Waals surface area (Å²) in [4.78, 5) is 37.9. The van der Waals surface area contributed by atoms with Gasteiger partial charge < -0.3 is 80.1 Å². The van der Waals surface area contributed by atoms with E-state index in [4.69, 9.17) is 28.4 Å². The van der Waals surface area contributed by atoms with Crippen molar-refractivity contribution in [3.8, 4) is 0 Å². The molecule has 10 unspecified atom stereocenters. The predicted molar refractivity (Wildman–Crippen MR) is 235 cm³/mol. The molecule has 3 amide bonds. The number of fused-ring (bicyclic) bond motifs is 3. The summed E-state index contributed by atoms with van der Waals surface area (Å²) in [5, 5.41) is 89.8. The van der Waals surface area contributed by atoms with Crippen molar-refractivity contribution in [2.75, 3.05) is 38.8 Å². The number of carbonyl (C=O) groups excluding carboxylic acids is 3. The third-order valence-corrected chi connectivity index (χ3v) is 19.0. The molecule has 65 heavy (non-hydrogen) atoms. The Morgan fingerprint density at radius 1 is 0.831 bits per heavy atom. The molecule has 0 aromatic heterocycles. The minimum atomic E-state index is -1.99. The van der Waals surface area contributed by atoms with Crippen LogP contribution in [0.25, 0.3) is 0 Å².